The fraction of sp³-hybridized carbons (Fsp3) is 1.00. The van der Waals surface area contributed by atoms with Crippen LogP contribution in [0, 0.1) is 5.92 Å². The summed E-state index contributed by atoms with van der Waals surface area (Å²) in [5.74, 6) is 0.978. The molecule has 16 heavy (non-hydrogen) atoms. The lowest BCUT2D eigenvalue weighted by atomic mass is 9.96. The summed E-state index contributed by atoms with van der Waals surface area (Å²) in [6, 6.07) is 0. The van der Waals surface area contributed by atoms with Crippen LogP contribution in [0.15, 0.2) is 0 Å². The summed E-state index contributed by atoms with van der Waals surface area (Å²) in [5, 5.41) is 0. The van der Waals surface area contributed by atoms with Crippen LogP contribution in [0.4, 0.5) is 0 Å². The van der Waals surface area contributed by atoms with Crippen LogP contribution in [-0.4, -0.2) is 37.4 Å². The molecule has 1 aliphatic heterocycles. The van der Waals surface area contributed by atoms with Gasteiger partial charge in [0.25, 0.3) is 0 Å². The molecular weight excluding hydrogens is 246 g/mol. The highest BCUT2D eigenvalue weighted by atomic mass is 35.5. The average molecular weight is 268 g/mol. The Morgan fingerprint density at radius 1 is 1.31 bits per heavy atom. The smallest absolute Gasteiger partial charge is 0.212 e. The second kappa shape index (κ2) is 6.82. The van der Waals surface area contributed by atoms with E-state index in [9.17, 15) is 8.42 Å². The van der Waals surface area contributed by atoms with E-state index in [2.05, 4.69) is 6.92 Å². The van der Waals surface area contributed by atoms with Gasteiger partial charge in [-0.05, 0) is 25.2 Å². The van der Waals surface area contributed by atoms with Crippen molar-refractivity contribution >= 4 is 21.6 Å². The third kappa shape index (κ3) is 4.22. The zero-order chi connectivity index (χ0) is 12.0. The van der Waals surface area contributed by atoms with Crippen molar-refractivity contribution in [3.8, 4) is 0 Å². The molecule has 0 aromatic rings. The van der Waals surface area contributed by atoms with Crippen LogP contribution in [0.1, 0.15) is 39.0 Å². The average Bonchev–Trinajstić information content (AvgIpc) is 2.44. The van der Waals surface area contributed by atoms with Gasteiger partial charge in [0.2, 0.25) is 10.0 Å². The van der Waals surface area contributed by atoms with Gasteiger partial charge >= 0.3 is 0 Å². The molecule has 3 nitrogen and oxygen atoms in total. The number of alkyl halides is 1. The number of hydrogen-bond donors (Lipinski definition) is 0. The summed E-state index contributed by atoms with van der Waals surface area (Å²) in [7, 11) is -3.09. The lowest BCUT2D eigenvalue weighted by molar-refractivity contribution is 0.400. The van der Waals surface area contributed by atoms with Crippen LogP contribution >= 0.6 is 11.6 Å². The van der Waals surface area contributed by atoms with Crippen molar-refractivity contribution in [3.05, 3.63) is 0 Å². The molecule has 1 unspecified atom stereocenters. The Hall–Kier alpha value is 0.200. The maximum absolute atomic E-state index is 11.8. The Morgan fingerprint density at radius 2 is 2.06 bits per heavy atom. The molecular formula is C11H22ClNO2S. The van der Waals surface area contributed by atoms with Crippen molar-refractivity contribution < 1.29 is 8.42 Å². The van der Waals surface area contributed by atoms with Crippen LogP contribution in [0.2, 0.25) is 0 Å². The largest absolute Gasteiger partial charge is 0.215 e. The second-order valence-electron chi connectivity index (χ2n) is 4.49. The third-order valence-corrected chi connectivity index (χ3v) is 5.52. The van der Waals surface area contributed by atoms with Gasteiger partial charge in [-0.2, -0.15) is 0 Å². The van der Waals surface area contributed by atoms with Gasteiger partial charge in [0.15, 0.2) is 0 Å². The molecule has 96 valence electrons. The molecule has 0 aromatic heterocycles. The van der Waals surface area contributed by atoms with E-state index in [0.29, 0.717) is 19.0 Å². The van der Waals surface area contributed by atoms with Crippen LogP contribution in [0.3, 0.4) is 0 Å². The van der Waals surface area contributed by atoms with E-state index >= 15 is 0 Å². The van der Waals surface area contributed by atoms with Gasteiger partial charge in [-0.15, -0.1) is 11.6 Å². The fourth-order valence-electron chi connectivity index (χ4n) is 2.34. The molecule has 0 amide bonds. The molecule has 1 atom stereocenters. The van der Waals surface area contributed by atoms with E-state index in [1.54, 1.807) is 4.31 Å². The van der Waals surface area contributed by atoms with Crippen LogP contribution < -0.4 is 0 Å². The first-order chi connectivity index (χ1) is 7.60. The van der Waals surface area contributed by atoms with Crippen LogP contribution in [0.5, 0.6) is 0 Å². The predicted molar refractivity (Wildman–Crippen MR) is 68.3 cm³/mol. The highest BCUT2D eigenvalue weighted by Crippen LogP contribution is 2.23. The SMILES string of the molecule is CCCC1CCCN(S(=O)(=O)CCCl)CC1. The van der Waals surface area contributed by atoms with Crippen molar-refractivity contribution in [1.82, 2.24) is 4.31 Å². The number of nitrogens with zero attached hydrogens (tertiary/aromatic N) is 1. The van der Waals surface area contributed by atoms with E-state index in [0.717, 1.165) is 12.8 Å². The van der Waals surface area contributed by atoms with Gasteiger partial charge in [0.05, 0.1) is 5.75 Å². The predicted octanol–water partition coefficient (Wildman–Crippen LogP) is 2.46. The topological polar surface area (TPSA) is 37.4 Å². The first-order valence-electron chi connectivity index (χ1n) is 6.14. The quantitative estimate of drug-likeness (QED) is 0.718. The maximum atomic E-state index is 11.8. The molecule has 0 aromatic carbocycles. The third-order valence-electron chi connectivity index (χ3n) is 3.23. The van der Waals surface area contributed by atoms with Crippen LogP contribution in [0.25, 0.3) is 0 Å². The molecule has 5 heteroatoms. The molecule has 0 spiro atoms. The maximum Gasteiger partial charge on any atom is 0.215 e. The monoisotopic (exact) mass is 267 g/mol. The lowest BCUT2D eigenvalue weighted by Crippen LogP contribution is -2.34. The molecule has 0 saturated carbocycles. The van der Waals surface area contributed by atoms with Gasteiger partial charge in [0, 0.05) is 19.0 Å². The van der Waals surface area contributed by atoms with Gasteiger partial charge in [-0.3, -0.25) is 0 Å². The van der Waals surface area contributed by atoms with Crippen molar-refractivity contribution in [1.29, 1.82) is 0 Å². The highest BCUT2D eigenvalue weighted by molar-refractivity contribution is 7.89. The minimum Gasteiger partial charge on any atom is -0.212 e. The number of hydrogen-bond acceptors (Lipinski definition) is 2. The van der Waals surface area contributed by atoms with E-state index in [1.165, 1.54) is 19.3 Å². The Balaban J connectivity index is 2.53. The van der Waals surface area contributed by atoms with Crippen molar-refractivity contribution in [3.63, 3.8) is 0 Å². The molecule has 0 radical (unpaired) electrons. The summed E-state index contributed by atoms with van der Waals surface area (Å²) in [4.78, 5) is 0. The summed E-state index contributed by atoms with van der Waals surface area (Å²) < 4.78 is 25.3. The molecule has 0 aliphatic carbocycles. The first-order valence-corrected chi connectivity index (χ1v) is 8.28. The number of sulfonamides is 1. The Bertz CT molecular complexity index is 292. The number of rotatable bonds is 5. The van der Waals surface area contributed by atoms with Crippen molar-refractivity contribution in [2.24, 2.45) is 5.92 Å². The zero-order valence-corrected chi connectivity index (χ0v) is 11.6. The summed E-state index contributed by atoms with van der Waals surface area (Å²) in [5.41, 5.74) is 0. The van der Waals surface area contributed by atoms with Crippen molar-refractivity contribution in [2.75, 3.05) is 24.7 Å². The number of halogens is 1. The molecule has 1 rings (SSSR count). The second-order valence-corrected chi connectivity index (χ2v) is 6.96. The van der Waals surface area contributed by atoms with Gasteiger partial charge in [0.1, 0.15) is 0 Å². The minimum absolute atomic E-state index is 0.0764. The van der Waals surface area contributed by atoms with E-state index < -0.39 is 10.0 Å². The summed E-state index contributed by atoms with van der Waals surface area (Å²) in [6.07, 6.45) is 5.59. The minimum atomic E-state index is -3.09. The molecule has 1 saturated heterocycles. The van der Waals surface area contributed by atoms with Gasteiger partial charge < -0.3 is 0 Å². The molecule has 1 aliphatic rings. The van der Waals surface area contributed by atoms with Crippen LogP contribution in [-0.2, 0) is 10.0 Å². The van der Waals surface area contributed by atoms with Gasteiger partial charge in [-0.25, -0.2) is 12.7 Å². The van der Waals surface area contributed by atoms with E-state index in [1.807, 2.05) is 0 Å². The Kier molecular flexibility index (Phi) is 6.08. The highest BCUT2D eigenvalue weighted by Gasteiger charge is 2.24. The standard InChI is InChI=1S/C11H22ClNO2S/c1-2-4-11-5-3-8-13(9-6-11)16(14,15)10-7-12/h11H,2-10H2,1H3. The first kappa shape index (κ1) is 14.3. The van der Waals surface area contributed by atoms with E-state index in [4.69, 9.17) is 11.6 Å². The Morgan fingerprint density at radius 3 is 2.69 bits per heavy atom. The lowest BCUT2D eigenvalue weighted by Gasteiger charge is -2.19. The zero-order valence-electron chi connectivity index (χ0n) is 9.99. The molecule has 1 heterocycles. The molecule has 1 fully saturated rings. The summed E-state index contributed by atoms with van der Waals surface area (Å²) >= 11 is 5.52. The summed E-state index contributed by atoms with van der Waals surface area (Å²) in [6.45, 7) is 3.55. The molecule has 0 bridgehead atoms. The fourth-order valence-corrected chi connectivity index (χ4v) is 4.17. The van der Waals surface area contributed by atoms with E-state index in [-0.39, 0.29) is 11.6 Å². The normalized spacial score (nSPS) is 24.2. The van der Waals surface area contributed by atoms with Crippen molar-refractivity contribution in [2.45, 2.75) is 39.0 Å². The van der Waals surface area contributed by atoms with Gasteiger partial charge in [-0.1, -0.05) is 19.8 Å². The Labute approximate surface area is 104 Å². The molecule has 0 N–H and O–H groups in total.